The zero-order valence-electron chi connectivity index (χ0n) is 18.1. The molecule has 11 heteroatoms. The maximum atomic E-state index is 13.0. The summed E-state index contributed by atoms with van der Waals surface area (Å²) in [4.78, 5) is 52.0. The average Bonchev–Trinajstić information content (AvgIpc) is 3.11. The van der Waals surface area contributed by atoms with Gasteiger partial charge in [0.1, 0.15) is 0 Å². The van der Waals surface area contributed by atoms with Crippen molar-refractivity contribution in [3.8, 4) is 17.2 Å². The fourth-order valence-electron chi connectivity index (χ4n) is 2.99. The molecule has 0 spiro atoms. The highest BCUT2D eigenvalue weighted by Crippen LogP contribution is 2.40. The number of ether oxygens (including phenoxy) is 3. The quantitative estimate of drug-likeness (QED) is 0.395. The maximum Gasteiger partial charge on any atom is 0.308 e. The van der Waals surface area contributed by atoms with Crippen LogP contribution in [0.2, 0.25) is 5.02 Å². The number of amides is 1. The lowest BCUT2D eigenvalue weighted by Crippen LogP contribution is -2.15. The molecular formula is C22H19ClN2O7S. The van der Waals surface area contributed by atoms with E-state index in [2.05, 4.69) is 10.3 Å². The van der Waals surface area contributed by atoms with Gasteiger partial charge >= 0.3 is 17.9 Å². The molecule has 9 nitrogen and oxygen atoms in total. The number of thiazole rings is 1. The van der Waals surface area contributed by atoms with Crippen molar-refractivity contribution >= 4 is 62.1 Å². The Kier molecular flexibility index (Phi) is 7.29. The van der Waals surface area contributed by atoms with E-state index in [9.17, 15) is 19.2 Å². The molecule has 33 heavy (non-hydrogen) atoms. The first-order chi connectivity index (χ1) is 15.6. The first-order valence-corrected chi connectivity index (χ1v) is 10.9. The van der Waals surface area contributed by atoms with E-state index in [1.807, 2.05) is 6.92 Å². The standard InChI is InChI=1S/C22H19ClN2O7S/c1-5-14-15(23)6-7-16-20(14)33-22(24-16)25-21(29)13-8-17(30-10(2)26)19(32-12(4)28)18(9-13)31-11(3)27/h6-9H,5H2,1-4H3,(H,24,25,29). The number of nitrogens with one attached hydrogen (secondary N) is 1. The monoisotopic (exact) mass is 490 g/mol. The number of hydrogen-bond donors (Lipinski definition) is 1. The molecule has 0 fully saturated rings. The summed E-state index contributed by atoms with van der Waals surface area (Å²) >= 11 is 7.52. The summed E-state index contributed by atoms with van der Waals surface area (Å²) < 4.78 is 16.1. The molecule has 0 atom stereocenters. The summed E-state index contributed by atoms with van der Waals surface area (Å²) in [5.41, 5.74) is 1.58. The minimum absolute atomic E-state index is 0.0218. The van der Waals surface area contributed by atoms with E-state index in [4.69, 9.17) is 25.8 Å². The molecule has 0 unspecified atom stereocenters. The zero-order valence-corrected chi connectivity index (χ0v) is 19.7. The van der Waals surface area contributed by atoms with Crippen molar-refractivity contribution in [2.75, 3.05) is 5.32 Å². The second-order valence-electron chi connectivity index (χ2n) is 6.78. The van der Waals surface area contributed by atoms with Crippen LogP contribution in [0.4, 0.5) is 5.13 Å². The highest BCUT2D eigenvalue weighted by molar-refractivity contribution is 7.22. The minimum atomic E-state index is -0.742. The maximum absolute atomic E-state index is 13.0. The largest absolute Gasteiger partial charge is 0.423 e. The predicted molar refractivity (Wildman–Crippen MR) is 122 cm³/mol. The summed E-state index contributed by atoms with van der Waals surface area (Å²) in [7, 11) is 0. The smallest absolute Gasteiger partial charge is 0.308 e. The van der Waals surface area contributed by atoms with E-state index in [0.29, 0.717) is 22.1 Å². The van der Waals surface area contributed by atoms with Crippen molar-refractivity contribution in [2.45, 2.75) is 34.1 Å². The fraction of sp³-hybridized carbons (Fsp3) is 0.227. The number of aromatic nitrogens is 1. The van der Waals surface area contributed by atoms with Crippen LogP contribution in [0.1, 0.15) is 43.6 Å². The van der Waals surface area contributed by atoms with Crippen LogP contribution in [0.25, 0.3) is 10.2 Å². The lowest BCUT2D eigenvalue weighted by atomic mass is 10.1. The summed E-state index contributed by atoms with van der Waals surface area (Å²) in [5, 5.41) is 3.61. The highest BCUT2D eigenvalue weighted by atomic mass is 35.5. The molecule has 0 saturated heterocycles. The Labute approximate surface area is 197 Å². The summed E-state index contributed by atoms with van der Waals surface area (Å²) in [6.07, 6.45) is 0.695. The average molecular weight is 491 g/mol. The number of benzene rings is 2. The number of esters is 3. The van der Waals surface area contributed by atoms with Gasteiger partial charge in [-0.3, -0.25) is 24.5 Å². The Morgan fingerprint density at radius 3 is 2.06 bits per heavy atom. The number of fused-ring (bicyclic) bond motifs is 1. The normalized spacial score (nSPS) is 10.6. The summed E-state index contributed by atoms with van der Waals surface area (Å²) in [5.74, 6) is -3.64. The van der Waals surface area contributed by atoms with Crippen LogP contribution in [-0.2, 0) is 20.8 Å². The van der Waals surface area contributed by atoms with Crippen LogP contribution in [0, 0.1) is 0 Å². The van der Waals surface area contributed by atoms with Gasteiger partial charge in [-0.1, -0.05) is 29.9 Å². The number of hydrogen-bond acceptors (Lipinski definition) is 9. The number of nitrogens with zero attached hydrogens (tertiary/aromatic N) is 1. The van der Waals surface area contributed by atoms with Gasteiger partial charge in [0.25, 0.3) is 5.91 Å². The van der Waals surface area contributed by atoms with Gasteiger partial charge in [0.15, 0.2) is 16.6 Å². The number of carbonyl (C=O) groups is 4. The lowest BCUT2D eigenvalue weighted by Gasteiger charge is -2.14. The van der Waals surface area contributed by atoms with Crippen LogP contribution >= 0.6 is 22.9 Å². The predicted octanol–water partition coefficient (Wildman–Crippen LogP) is 4.54. The molecule has 3 aromatic rings. The Morgan fingerprint density at radius 2 is 1.55 bits per heavy atom. The Bertz CT molecular complexity index is 1250. The Balaban J connectivity index is 2.03. The van der Waals surface area contributed by atoms with E-state index in [0.717, 1.165) is 31.0 Å². The van der Waals surface area contributed by atoms with Gasteiger partial charge in [0.05, 0.1) is 10.2 Å². The molecule has 172 valence electrons. The van der Waals surface area contributed by atoms with E-state index in [1.165, 1.54) is 23.5 Å². The van der Waals surface area contributed by atoms with Crippen molar-refractivity contribution in [1.29, 1.82) is 0 Å². The Hall–Kier alpha value is -3.50. The van der Waals surface area contributed by atoms with E-state index in [-0.39, 0.29) is 22.8 Å². The SMILES string of the molecule is CCc1c(Cl)ccc2nc(NC(=O)c3cc(OC(C)=O)c(OC(C)=O)c(OC(C)=O)c3)sc12. The third-order valence-electron chi connectivity index (χ3n) is 4.21. The highest BCUT2D eigenvalue weighted by Gasteiger charge is 2.23. The molecule has 0 aliphatic heterocycles. The van der Waals surface area contributed by atoms with Crippen molar-refractivity contribution in [1.82, 2.24) is 4.98 Å². The molecule has 0 saturated carbocycles. The van der Waals surface area contributed by atoms with Gasteiger partial charge in [-0.2, -0.15) is 0 Å². The van der Waals surface area contributed by atoms with Gasteiger partial charge in [0, 0.05) is 31.4 Å². The molecule has 1 heterocycles. The summed E-state index contributed by atoms with van der Waals surface area (Å²) in [6.45, 7) is 5.36. The third-order valence-corrected chi connectivity index (χ3v) is 5.61. The first-order valence-electron chi connectivity index (χ1n) is 9.71. The van der Waals surface area contributed by atoms with Gasteiger partial charge in [-0.15, -0.1) is 0 Å². The second-order valence-corrected chi connectivity index (χ2v) is 8.19. The number of carbonyl (C=O) groups excluding carboxylic acids is 4. The molecular weight excluding hydrogens is 472 g/mol. The number of halogens is 1. The molecule has 1 N–H and O–H groups in total. The van der Waals surface area contributed by atoms with Gasteiger partial charge in [0.2, 0.25) is 5.75 Å². The second kappa shape index (κ2) is 9.97. The topological polar surface area (TPSA) is 121 Å². The minimum Gasteiger partial charge on any atom is -0.423 e. The van der Waals surface area contributed by atoms with Crippen molar-refractivity contribution < 1.29 is 33.4 Å². The van der Waals surface area contributed by atoms with Gasteiger partial charge in [-0.25, -0.2) is 4.98 Å². The van der Waals surface area contributed by atoms with Crippen LogP contribution in [-0.4, -0.2) is 28.8 Å². The molecule has 3 rings (SSSR count). The van der Waals surface area contributed by atoms with E-state index >= 15 is 0 Å². The molecule has 2 aromatic carbocycles. The van der Waals surface area contributed by atoms with E-state index in [1.54, 1.807) is 12.1 Å². The van der Waals surface area contributed by atoms with Crippen molar-refractivity contribution in [3.63, 3.8) is 0 Å². The third kappa shape index (κ3) is 5.65. The number of rotatable bonds is 6. The van der Waals surface area contributed by atoms with Crippen LogP contribution in [0.15, 0.2) is 24.3 Å². The number of anilines is 1. The van der Waals surface area contributed by atoms with Gasteiger partial charge in [-0.05, 0) is 36.2 Å². The van der Waals surface area contributed by atoms with Crippen LogP contribution in [0.5, 0.6) is 17.2 Å². The molecule has 0 aliphatic carbocycles. The van der Waals surface area contributed by atoms with Crippen molar-refractivity contribution in [2.24, 2.45) is 0 Å². The van der Waals surface area contributed by atoms with Crippen molar-refractivity contribution in [3.05, 3.63) is 40.4 Å². The van der Waals surface area contributed by atoms with E-state index < -0.39 is 23.8 Å². The lowest BCUT2D eigenvalue weighted by molar-refractivity contribution is -0.135. The zero-order chi connectivity index (χ0) is 24.3. The molecule has 0 radical (unpaired) electrons. The first kappa shape index (κ1) is 24.1. The number of aryl methyl sites for hydroxylation is 1. The summed E-state index contributed by atoms with van der Waals surface area (Å²) in [6, 6.07) is 5.90. The van der Waals surface area contributed by atoms with Gasteiger partial charge < -0.3 is 14.2 Å². The molecule has 0 aliphatic rings. The Morgan fingerprint density at radius 1 is 0.970 bits per heavy atom. The van der Waals surface area contributed by atoms with Crippen LogP contribution in [0.3, 0.4) is 0 Å². The molecule has 1 amide bonds. The fourth-order valence-corrected chi connectivity index (χ4v) is 4.41. The molecule has 0 bridgehead atoms. The molecule has 1 aromatic heterocycles. The van der Waals surface area contributed by atoms with Crippen LogP contribution < -0.4 is 19.5 Å².